The molecule has 0 fully saturated rings. The van der Waals surface area contributed by atoms with Gasteiger partial charge in [-0.1, -0.05) is 18.2 Å². The molecule has 29 heavy (non-hydrogen) atoms. The second-order valence-electron chi connectivity index (χ2n) is 6.49. The molecular weight excluding hydrogens is 366 g/mol. The van der Waals surface area contributed by atoms with Crippen molar-refractivity contribution in [1.82, 2.24) is 0 Å². The van der Waals surface area contributed by atoms with Gasteiger partial charge in [-0.2, -0.15) is 0 Å². The summed E-state index contributed by atoms with van der Waals surface area (Å²) >= 11 is 0. The molecule has 148 valence electrons. The first-order valence-electron chi connectivity index (χ1n) is 9.25. The van der Waals surface area contributed by atoms with Gasteiger partial charge in [-0.05, 0) is 60.7 Å². The number of nitrogens with zero attached hydrogens (tertiary/aromatic N) is 1. The highest BCUT2D eigenvalue weighted by molar-refractivity contribution is 6.03. The number of anilines is 1. The molecule has 0 N–H and O–H groups in total. The molecule has 0 atom stereocenters. The topological polar surface area (TPSA) is 55.8 Å². The van der Waals surface area contributed by atoms with Crippen LogP contribution in [0.15, 0.2) is 78.9 Å². The molecule has 0 aromatic heterocycles. The number of ketones is 2. The molecule has 0 aliphatic carbocycles. The molecule has 0 saturated carbocycles. The number of para-hydroxylation sites is 1. The minimum atomic E-state index is -0.0703. The van der Waals surface area contributed by atoms with Crippen LogP contribution in [0.25, 0.3) is 0 Å². The zero-order valence-corrected chi connectivity index (χ0v) is 16.5. The van der Waals surface area contributed by atoms with E-state index in [9.17, 15) is 9.59 Å². The van der Waals surface area contributed by atoms with Crippen molar-refractivity contribution in [3.8, 4) is 11.5 Å². The monoisotopic (exact) mass is 389 g/mol. The van der Waals surface area contributed by atoms with E-state index in [4.69, 9.17) is 9.47 Å². The average Bonchev–Trinajstić information content (AvgIpc) is 2.79. The molecule has 0 aliphatic rings. The van der Waals surface area contributed by atoms with Gasteiger partial charge >= 0.3 is 0 Å². The number of benzene rings is 3. The lowest BCUT2D eigenvalue weighted by Gasteiger charge is -2.23. The van der Waals surface area contributed by atoms with Crippen LogP contribution in [-0.2, 0) is 0 Å². The summed E-state index contributed by atoms with van der Waals surface area (Å²) < 4.78 is 10.3. The van der Waals surface area contributed by atoms with Crippen LogP contribution < -0.4 is 14.4 Å². The molecule has 0 saturated heterocycles. The Bertz CT molecular complexity index is 889. The molecule has 0 heterocycles. The Kier molecular flexibility index (Phi) is 6.63. The molecule has 0 spiro atoms. The highest BCUT2D eigenvalue weighted by atomic mass is 16.5. The first-order valence-corrected chi connectivity index (χ1v) is 9.25. The lowest BCUT2D eigenvalue weighted by Crippen LogP contribution is -2.34. The molecular formula is C24H23NO4. The van der Waals surface area contributed by atoms with E-state index in [0.717, 1.165) is 5.69 Å². The average molecular weight is 389 g/mol. The third-order valence-electron chi connectivity index (χ3n) is 4.61. The van der Waals surface area contributed by atoms with Crippen LogP contribution in [0.3, 0.4) is 0 Å². The maximum absolute atomic E-state index is 12.8. The number of hydrogen-bond acceptors (Lipinski definition) is 5. The number of Topliss-reactive ketones (excluding diaryl/α,β-unsaturated/α-hetero) is 2. The first kappa shape index (κ1) is 20.1. The maximum atomic E-state index is 12.8. The normalized spacial score (nSPS) is 10.3. The van der Waals surface area contributed by atoms with Crippen molar-refractivity contribution in [2.45, 2.75) is 0 Å². The molecule has 0 amide bonds. The number of carbonyl (C=O) groups excluding carboxylic acids is 2. The van der Waals surface area contributed by atoms with Crippen molar-refractivity contribution in [3.63, 3.8) is 0 Å². The van der Waals surface area contributed by atoms with Gasteiger partial charge in [0, 0.05) is 16.8 Å². The summed E-state index contributed by atoms with van der Waals surface area (Å²) in [6, 6.07) is 23.4. The molecule has 0 unspecified atom stereocenters. The lowest BCUT2D eigenvalue weighted by atomic mass is 10.1. The van der Waals surface area contributed by atoms with Gasteiger partial charge in [0.15, 0.2) is 11.6 Å². The maximum Gasteiger partial charge on any atom is 0.182 e. The Labute approximate surface area is 170 Å². The molecule has 0 aliphatic heterocycles. The fourth-order valence-corrected chi connectivity index (χ4v) is 2.96. The SMILES string of the molecule is COc1ccc(C(=O)CN(CC(=O)c2ccc(OC)cc2)c2ccccc2)cc1. The smallest absolute Gasteiger partial charge is 0.182 e. The quantitative estimate of drug-likeness (QED) is 0.512. The Morgan fingerprint density at radius 1 is 0.655 bits per heavy atom. The van der Waals surface area contributed by atoms with E-state index in [0.29, 0.717) is 22.6 Å². The largest absolute Gasteiger partial charge is 0.497 e. The van der Waals surface area contributed by atoms with Crippen LogP contribution in [0.4, 0.5) is 5.69 Å². The van der Waals surface area contributed by atoms with Crippen molar-refractivity contribution in [2.24, 2.45) is 0 Å². The van der Waals surface area contributed by atoms with Crippen LogP contribution in [0, 0.1) is 0 Å². The number of ether oxygens (including phenoxy) is 2. The van der Waals surface area contributed by atoms with Gasteiger partial charge in [-0.15, -0.1) is 0 Å². The third kappa shape index (κ3) is 5.23. The summed E-state index contributed by atoms with van der Waals surface area (Å²) in [5.41, 5.74) is 1.96. The zero-order chi connectivity index (χ0) is 20.6. The van der Waals surface area contributed by atoms with E-state index in [-0.39, 0.29) is 24.7 Å². The Morgan fingerprint density at radius 3 is 1.45 bits per heavy atom. The van der Waals surface area contributed by atoms with Gasteiger partial charge in [0.2, 0.25) is 0 Å². The summed E-state index contributed by atoms with van der Waals surface area (Å²) in [4.78, 5) is 27.4. The number of carbonyl (C=O) groups is 2. The van der Waals surface area contributed by atoms with Crippen molar-refractivity contribution < 1.29 is 19.1 Å². The predicted molar refractivity (Wildman–Crippen MR) is 113 cm³/mol. The van der Waals surface area contributed by atoms with Gasteiger partial charge in [0.25, 0.3) is 0 Å². The van der Waals surface area contributed by atoms with Crippen molar-refractivity contribution in [3.05, 3.63) is 90.0 Å². The van der Waals surface area contributed by atoms with E-state index >= 15 is 0 Å². The van der Waals surface area contributed by atoms with Crippen molar-refractivity contribution >= 4 is 17.3 Å². The fourth-order valence-electron chi connectivity index (χ4n) is 2.96. The summed E-state index contributed by atoms with van der Waals surface area (Å²) in [6.07, 6.45) is 0. The van der Waals surface area contributed by atoms with Gasteiger partial charge in [-0.25, -0.2) is 0 Å². The van der Waals surface area contributed by atoms with Crippen LogP contribution in [0.2, 0.25) is 0 Å². The van der Waals surface area contributed by atoms with Crippen molar-refractivity contribution in [1.29, 1.82) is 0 Å². The molecule has 0 radical (unpaired) electrons. The molecule has 5 nitrogen and oxygen atoms in total. The second kappa shape index (κ2) is 9.55. The standard InChI is InChI=1S/C24H23NO4/c1-28-21-12-8-18(9-13-21)23(26)16-25(20-6-4-3-5-7-20)17-24(27)19-10-14-22(29-2)15-11-19/h3-15H,16-17H2,1-2H3. The Balaban J connectivity index is 1.78. The summed E-state index contributed by atoms with van der Waals surface area (Å²) in [7, 11) is 3.16. The van der Waals surface area contributed by atoms with E-state index in [2.05, 4.69) is 0 Å². The first-order chi connectivity index (χ1) is 14.1. The second-order valence-corrected chi connectivity index (χ2v) is 6.49. The van der Waals surface area contributed by atoms with Crippen LogP contribution in [0.5, 0.6) is 11.5 Å². The summed E-state index contributed by atoms with van der Waals surface area (Å²) in [6.45, 7) is 0.191. The number of rotatable bonds is 9. The van der Waals surface area contributed by atoms with Crippen LogP contribution in [0.1, 0.15) is 20.7 Å². The Hall–Kier alpha value is -3.60. The molecule has 5 heteroatoms. The zero-order valence-electron chi connectivity index (χ0n) is 16.5. The van der Waals surface area contributed by atoms with E-state index in [1.807, 2.05) is 30.3 Å². The number of hydrogen-bond donors (Lipinski definition) is 0. The highest BCUT2D eigenvalue weighted by Gasteiger charge is 2.18. The Morgan fingerprint density at radius 2 is 1.07 bits per heavy atom. The lowest BCUT2D eigenvalue weighted by molar-refractivity contribution is 0.0984. The minimum absolute atomic E-state index is 0.0703. The summed E-state index contributed by atoms with van der Waals surface area (Å²) in [5, 5.41) is 0. The molecule has 3 rings (SSSR count). The third-order valence-corrected chi connectivity index (χ3v) is 4.61. The molecule has 3 aromatic rings. The predicted octanol–water partition coefficient (Wildman–Crippen LogP) is 4.28. The van der Waals surface area contributed by atoms with Crippen LogP contribution >= 0.6 is 0 Å². The molecule has 0 bridgehead atoms. The van der Waals surface area contributed by atoms with Gasteiger partial charge in [-0.3, -0.25) is 9.59 Å². The van der Waals surface area contributed by atoms with E-state index in [1.165, 1.54) is 0 Å². The van der Waals surface area contributed by atoms with Crippen LogP contribution in [-0.4, -0.2) is 38.9 Å². The van der Waals surface area contributed by atoms with E-state index < -0.39 is 0 Å². The van der Waals surface area contributed by atoms with Gasteiger partial charge < -0.3 is 14.4 Å². The van der Waals surface area contributed by atoms with Crippen molar-refractivity contribution in [2.75, 3.05) is 32.2 Å². The molecule has 3 aromatic carbocycles. The summed E-state index contributed by atoms with van der Waals surface area (Å²) in [5.74, 6) is 1.24. The fraction of sp³-hybridized carbons (Fsp3) is 0.167. The number of methoxy groups -OCH3 is 2. The van der Waals surface area contributed by atoms with E-state index in [1.54, 1.807) is 67.7 Å². The highest BCUT2D eigenvalue weighted by Crippen LogP contribution is 2.18. The van der Waals surface area contributed by atoms with Gasteiger partial charge in [0.1, 0.15) is 11.5 Å². The van der Waals surface area contributed by atoms with Gasteiger partial charge in [0.05, 0.1) is 27.3 Å². The minimum Gasteiger partial charge on any atom is -0.497 e.